The third-order valence-corrected chi connectivity index (χ3v) is 5.71. The molecule has 1 atom stereocenters. The molecule has 1 fully saturated rings. The van der Waals surface area contributed by atoms with Crippen LogP contribution in [-0.4, -0.2) is 40.9 Å². The minimum atomic E-state index is -0.474. The molecular weight excluding hydrogens is 339 g/mol. The number of carbonyl (C=O) groups is 1. The number of thiazole rings is 1. The minimum Gasteiger partial charge on any atom is -0.399 e. The quantitative estimate of drug-likeness (QED) is 0.817. The Balaban J connectivity index is 1.83. The molecule has 1 saturated heterocycles. The van der Waals surface area contributed by atoms with Crippen LogP contribution in [0.1, 0.15) is 41.0 Å². The number of hydrogen-bond acceptors (Lipinski definition) is 6. The number of nitrogens with zero attached hydrogens (tertiary/aromatic N) is 2. The molecule has 1 aliphatic rings. The Hall–Kier alpha value is -1.71. The van der Waals surface area contributed by atoms with Crippen LogP contribution in [0.15, 0.2) is 12.3 Å². The molecule has 0 radical (unpaired) electrons. The lowest BCUT2D eigenvalue weighted by molar-refractivity contribution is -0.0118. The van der Waals surface area contributed by atoms with Gasteiger partial charge in [-0.15, -0.1) is 0 Å². The SMILES string of the molecule is CCNC(=O)Nc1nc2cc(B3OC(C)(C)C(C)(CC)O3)cnc2s1. The van der Waals surface area contributed by atoms with Gasteiger partial charge in [-0.3, -0.25) is 5.32 Å². The number of pyridine rings is 1. The van der Waals surface area contributed by atoms with Crippen LogP contribution in [-0.2, 0) is 9.31 Å². The molecule has 1 unspecified atom stereocenters. The molecule has 0 bridgehead atoms. The normalized spacial score (nSPS) is 22.4. The van der Waals surface area contributed by atoms with Crippen molar-refractivity contribution in [3.05, 3.63) is 12.3 Å². The number of carbonyl (C=O) groups excluding carboxylic acids is 1. The van der Waals surface area contributed by atoms with Gasteiger partial charge in [0.05, 0.1) is 11.2 Å². The van der Waals surface area contributed by atoms with Crippen molar-refractivity contribution in [2.75, 3.05) is 11.9 Å². The van der Waals surface area contributed by atoms with Gasteiger partial charge in [-0.05, 0) is 40.2 Å². The molecule has 2 aromatic heterocycles. The van der Waals surface area contributed by atoms with Gasteiger partial charge >= 0.3 is 13.1 Å². The molecule has 9 heteroatoms. The summed E-state index contributed by atoms with van der Waals surface area (Å²) in [4.78, 5) is 21.3. The fourth-order valence-electron chi connectivity index (χ4n) is 2.76. The highest BCUT2D eigenvalue weighted by molar-refractivity contribution is 7.22. The van der Waals surface area contributed by atoms with E-state index in [1.165, 1.54) is 11.3 Å². The first-order valence-corrected chi connectivity index (χ1v) is 9.26. The first kappa shape index (κ1) is 18.1. The molecule has 2 aromatic rings. The van der Waals surface area contributed by atoms with Crippen molar-refractivity contribution in [1.82, 2.24) is 15.3 Å². The van der Waals surface area contributed by atoms with Crippen molar-refractivity contribution in [3.8, 4) is 0 Å². The number of amides is 2. The standard InChI is InChI=1S/C16H23BN4O3S/c1-6-16(5)15(3,4)23-17(24-16)10-8-11-12(19-9-10)25-14(20-11)21-13(22)18-7-2/h8-9H,6-7H2,1-5H3,(H2,18,20,21,22). The van der Waals surface area contributed by atoms with E-state index in [-0.39, 0.29) is 11.6 Å². The van der Waals surface area contributed by atoms with Gasteiger partial charge in [-0.1, -0.05) is 18.3 Å². The summed E-state index contributed by atoms with van der Waals surface area (Å²) >= 11 is 1.33. The van der Waals surface area contributed by atoms with Gasteiger partial charge in [0.2, 0.25) is 0 Å². The van der Waals surface area contributed by atoms with Crippen molar-refractivity contribution >= 4 is 45.4 Å². The molecular formula is C16H23BN4O3S. The summed E-state index contributed by atoms with van der Waals surface area (Å²) in [5.74, 6) is 0. The Labute approximate surface area is 151 Å². The fraction of sp³-hybridized carbons (Fsp3) is 0.562. The number of fused-ring (bicyclic) bond motifs is 1. The molecule has 2 amide bonds. The summed E-state index contributed by atoms with van der Waals surface area (Å²) in [5.41, 5.74) is 0.783. The van der Waals surface area contributed by atoms with E-state index < -0.39 is 12.7 Å². The molecule has 2 N–H and O–H groups in total. The summed E-state index contributed by atoms with van der Waals surface area (Å²) in [7, 11) is -0.474. The summed E-state index contributed by atoms with van der Waals surface area (Å²) in [6, 6.07) is 1.63. The maximum Gasteiger partial charge on any atom is 0.496 e. The van der Waals surface area contributed by atoms with Crippen molar-refractivity contribution < 1.29 is 14.1 Å². The van der Waals surface area contributed by atoms with Crippen molar-refractivity contribution in [3.63, 3.8) is 0 Å². The van der Waals surface area contributed by atoms with E-state index in [0.717, 1.165) is 16.7 Å². The Morgan fingerprint density at radius 2 is 2.08 bits per heavy atom. The molecule has 1 aliphatic heterocycles. The van der Waals surface area contributed by atoms with Crippen LogP contribution in [0, 0.1) is 0 Å². The van der Waals surface area contributed by atoms with E-state index >= 15 is 0 Å². The van der Waals surface area contributed by atoms with E-state index in [4.69, 9.17) is 9.31 Å². The maximum absolute atomic E-state index is 11.6. The third kappa shape index (κ3) is 3.36. The summed E-state index contributed by atoms with van der Waals surface area (Å²) in [5, 5.41) is 5.90. The largest absolute Gasteiger partial charge is 0.496 e. The van der Waals surface area contributed by atoms with Crippen molar-refractivity contribution in [2.45, 2.75) is 52.2 Å². The number of hydrogen-bond donors (Lipinski definition) is 2. The maximum atomic E-state index is 11.6. The molecule has 3 heterocycles. The van der Waals surface area contributed by atoms with Crippen LogP contribution in [0.2, 0.25) is 0 Å². The molecule has 0 aliphatic carbocycles. The predicted molar refractivity (Wildman–Crippen MR) is 100 cm³/mol. The highest BCUT2D eigenvalue weighted by atomic mass is 32.1. The van der Waals surface area contributed by atoms with Gasteiger partial charge in [-0.2, -0.15) is 0 Å². The lowest BCUT2D eigenvalue weighted by atomic mass is 9.80. The molecule has 3 rings (SSSR count). The second-order valence-electron chi connectivity index (χ2n) is 6.76. The van der Waals surface area contributed by atoms with Gasteiger partial charge in [-0.25, -0.2) is 14.8 Å². The number of aromatic nitrogens is 2. The Morgan fingerprint density at radius 1 is 1.32 bits per heavy atom. The Bertz CT molecular complexity index is 797. The van der Waals surface area contributed by atoms with E-state index in [9.17, 15) is 4.79 Å². The van der Waals surface area contributed by atoms with E-state index in [2.05, 4.69) is 34.4 Å². The zero-order valence-electron chi connectivity index (χ0n) is 15.2. The highest BCUT2D eigenvalue weighted by Gasteiger charge is 2.53. The van der Waals surface area contributed by atoms with Gasteiger partial charge < -0.3 is 14.6 Å². The zero-order valence-corrected chi connectivity index (χ0v) is 16.0. The van der Waals surface area contributed by atoms with E-state index in [1.807, 2.05) is 26.8 Å². The van der Waals surface area contributed by atoms with E-state index in [0.29, 0.717) is 17.2 Å². The average Bonchev–Trinajstić information content (AvgIpc) is 3.05. The number of rotatable bonds is 4. The van der Waals surface area contributed by atoms with Gasteiger partial charge in [0, 0.05) is 18.2 Å². The first-order chi connectivity index (χ1) is 11.8. The zero-order chi connectivity index (χ0) is 18.2. The van der Waals surface area contributed by atoms with Crippen LogP contribution < -0.4 is 16.1 Å². The number of urea groups is 1. The third-order valence-electron chi connectivity index (χ3n) is 4.82. The van der Waals surface area contributed by atoms with Crippen LogP contribution in [0.4, 0.5) is 9.93 Å². The van der Waals surface area contributed by atoms with Crippen LogP contribution >= 0.6 is 11.3 Å². The summed E-state index contributed by atoms with van der Waals surface area (Å²) < 4.78 is 12.3. The second kappa shape index (κ2) is 6.55. The lowest BCUT2D eigenvalue weighted by Crippen LogP contribution is -2.44. The first-order valence-electron chi connectivity index (χ1n) is 8.45. The average molecular weight is 362 g/mol. The smallest absolute Gasteiger partial charge is 0.399 e. The van der Waals surface area contributed by atoms with Crippen LogP contribution in [0.5, 0.6) is 0 Å². The highest BCUT2D eigenvalue weighted by Crippen LogP contribution is 2.39. The van der Waals surface area contributed by atoms with Gasteiger partial charge in [0.1, 0.15) is 10.3 Å². The molecule has 0 aromatic carbocycles. The fourth-order valence-corrected chi connectivity index (χ4v) is 3.55. The number of anilines is 1. The van der Waals surface area contributed by atoms with E-state index in [1.54, 1.807) is 6.20 Å². The lowest BCUT2D eigenvalue weighted by Gasteiger charge is -2.35. The minimum absolute atomic E-state index is 0.273. The van der Waals surface area contributed by atoms with Crippen LogP contribution in [0.3, 0.4) is 0 Å². The molecule has 0 saturated carbocycles. The summed E-state index contributed by atoms with van der Waals surface area (Å²) in [6.45, 7) is 10.7. The number of nitrogens with one attached hydrogen (secondary N) is 2. The monoisotopic (exact) mass is 362 g/mol. The molecule has 7 nitrogen and oxygen atoms in total. The van der Waals surface area contributed by atoms with Gasteiger partial charge in [0.25, 0.3) is 0 Å². The molecule has 0 spiro atoms. The summed E-state index contributed by atoms with van der Waals surface area (Å²) in [6.07, 6.45) is 2.60. The predicted octanol–water partition coefficient (Wildman–Crippen LogP) is 2.52. The van der Waals surface area contributed by atoms with Gasteiger partial charge in [0.15, 0.2) is 5.13 Å². The van der Waals surface area contributed by atoms with Crippen LogP contribution in [0.25, 0.3) is 10.3 Å². The molecule has 134 valence electrons. The second-order valence-corrected chi connectivity index (χ2v) is 7.74. The topological polar surface area (TPSA) is 85.4 Å². The van der Waals surface area contributed by atoms with Crippen molar-refractivity contribution in [1.29, 1.82) is 0 Å². The Morgan fingerprint density at radius 3 is 2.72 bits per heavy atom. The van der Waals surface area contributed by atoms with Crippen molar-refractivity contribution in [2.24, 2.45) is 0 Å². The molecule has 25 heavy (non-hydrogen) atoms. The Kier molecular flexibility index (Phi) is 4.74.